The zero-order valence-electron chi connectivity index (χ0n) is 12.6. The molecule has 7 heteroatoms. The van der Waals surface area contributed by atoms with E-state index in [4.69, 9.17) is 0 Å². The van der Waals surface area contributed by atoms with E-state index in [2.05, 4.69) is 33.9 Å². The maximum Gasteiger partial charge on any atom is 0.451 e. The Bertz CT molecular complexity index is 488. The molecule has 0 spiro atoms. The van der Waals surface area contributed by atoms with E-state index in [-0.39, 0.29) is 0 Å². The van der Waals surface area contributed by atoms with Crippen LogP contribution in [0.3, 0.4) is 0 Å². The van der Waals surface area contributed by atoms with E-state index in [1.54, 1.807) is 6.92 Å². The van der Waals surface area contributed by atoms with Gasteiger partial charge in [0.15, 0.2) is 0 Å². The fourth-order valence-corrected chi connectivity index (χ4v) is 2.62. The van der Waals surface area contributed by atoms with E-state index < -0.39 is 12.0 Å². The first-order valence-corrected chi connectivity index (χ1v) is 7.06. The summed E-state index contributed by atoms with van der Waals surface area (Å²) in [4.78, 5) is 11.5. The van der Waals surface area contributed by atoms with Gasteiger partial charge in [0.25, 0.3) is 0 Å². The average Bonchev–Trinajstić information content (AvgIpc) is 2.40. The number of likely N-dealkylation sites (tertiary alicyclic amines) is 1. The van der Waals surface area contributed by atoms with Crippen molar-refractivity contribution in [1.82, 2.24) is 19.8 Å². The topological polar surface area (TPSA) is 32.3 Å². The van der Waals surface area contributed by atoms with Crippen molar-refractivity contribution in [3.8, 4) is 0 Å². The average molecular weight is 302 g/mol. The van der Waals surface area contributed by atoms with Crippen molar-refractivity contribution in [3.05, 3.63) is 23.3 Å². The molecule has 2 heterocycles. The predicted octanol–water partition coefficient (Wildman–Crippen LogP) is 2.33. The Morgan fingerprint density at radius 2 is 2.10 bits per heavy atom. The largest absolute Gasteiger partial charge is 0.451 e. The molecule has 21 heavy (non-hydrogen) atoms. The summed E-state index contributed by atoms with van der Waals surface area (Å²) in [5.41, 5.74) is 1.17. The molecule has 1 aromatic heterocycles. The zero-order valence-corrected chi connectivity index (χ0v) is 12.6. The van der Waals surface area contributed by atoms with E-state index in [9.17, 15) is 13.2 Å². The van der Waals surface area contributed by atoms with Gasteiger partial charge in [-0.15, -0.1) is 0 Å². The van der Waals surface area contributed by atoms with E-state index in [0.29, 0.717) is 18.3 Å². The Kier molecular flexibility index (Phi) is 4.83. The van der Waals surface area contributed by atoms with Gasteiger partial charge in [-0.1, -0.05) is 0 Å². The van der Waals surface area contributed by atoms with Crippen molar-refractivity contribution < 1.29 is 13.2 Å². The van der Waals surface area contributed by atoms with Gasteiger partial charge in [-0.25, -0.2) is 9.97 Å². The van der Waals surface area contributed by atoms with Gasteiger partial charge in [0.2, 0.25) is 5.82 Å². The summed E-state index contributed by atoms with van der Waals surface area (Å²) in [6.07, 6.45) is -0.912. The Labute approximate surface area is 123 Å². The number of piperidine rings is 1. The number of rotatable bonds is 3. The van der Waals surface area contributed by atoms with Gasteiger partial charge in [-0.05, 0) is 40.4 Å². The lowest BCUT2D eigenvalue weighted by atomic mass is 10.0. The monoisotopic (exact) mass is 302 g/mol. The van der Waals surface area contributed by atoms with Gasteiger partial charge in [0.1, 0.15) is 0 Å². The van der Waals surface area contributed by atoms with Crippen LogP contribution in [0.5, 0.6) is 0 Å². The van der Waals surface area contributed by atoms with Crippen LogP contribution in [0.1, 0.15) is 29.9 Å². The van der Waals surface area contributed by atoms with Gasteiger partial charge in [0.05, 0.1) is 0 Å². The highest BCUT2D eigenvalue weighted by Crippen LogP contribution is 2.26. The summed E-state index contributed by atoms with van der Waals surface area (Å²) in [5, 5.41) is 0. The maximum atomic E-state index is 12.6. The molecule has 1 aliphatic rings. The first-order chi connectivity index (χ1) is 9.77. The summed E-state index contributed by atoms with van der Waals surface area (Å²) in [5.74, 6) is -1.06. The number of likely N-dealkylation sites (N-methyl/N-ethyl adjacent to an activating group) is 1. The molecule has 0 N–H and O–H groups in total. The first-order valence-electron chi connectivity index (χ1n) is 7.06. The summed E-state index contributed by atoms with van der Waals surface area (Å²) < 4.78 is 37.7. The molecule has 1 aliphatic heterocycles. The minimum atomic E-state index is -4.48. The standard InChI is InChI=1S/C14H21F3N4/c1-10-11(7-18-13(19-10)14(15,16)17)8-21-6-4-5-12(9-21)20(2)3/h7,12H,4-6,8-9H2,1-3H3/t12-/m0/s1. The molecule has 0 aromatic carbocycles. The van der Waals surface area contributed by atoms with Crippen LogP contribution in [0.15, 0.2) is 6.20 Å². The Balaban J connectivity index is 2.06. The first kappa shape index (κ1) is 16.2. The molecule has 4 nitrogen and oxygen atoms in total. The third-order valence-corrected chi connectivity index (χ3v) is 3.94. The Morgan fingerprint density at radius 1 is 1.38 bits per heavy atom. The van der Waals surface area contributed by atoms with Crippen molar-refractivity contribution in [1.29, 1.82) is 0 Å². The molecule has 0 bridgehead atoms. The number of halogens is 3. The summed E-state index contributed by atoms with van der Waals surface area (Å²) in [6.45, 7) is 4.10. The van der Waals surface area contributed by atoms with Crippen molar-refractivity contribution in [3.63, 3.8) is 0 Å². The predicted molar refractivity (Wildman–Crippen MR) is 73.8 cm³/mol. The molecule has 0 aliphatic carbocycles. The number of nitrogens with zero attached hydrogens (tertiary/aromatic N) is 4. The van der Waals surface area contributed by atoms with E-state index in [0.717, 1.165) is 31.5 Å². The highest BCUT2D eigenvalue weighted by molar-refractivity contribution is 5.17. The minimum Gasteiger partial charge on any atom is -0.305 e. The van der Waals surface area contributed by atoms with Crippen LogP contribution in [-0.4, -0.2) is 53.0 Å². The third-order valence-electron chi connectivity index (χ3n) is 3.94. The van der Waals surface area contributed by atoms with Crippen molar-refractivity contribution in [2.24, 2.45) is 0 Å². The lowest BCUT2D eigenvalue weighted by Crippen LogP contribution is -2.44. The van der Waals surface area contributed by atoms with E-state index in [1.807, 2.05) is 0 Å². The van der Waals surface area contributed by atoms with Crippen LogP contribution in [0.4, 0.5) is 13.2 Å². The second-order valence-corrected chi connectivity index (χ2v) is 5.80. The highest BCUT2D eigenvalue weighted by Gasteiger charge is 2.35. The van der Waals surface area contributed by atoms with Crippen molar-refractivity contribution in [2.45, 2.75) is 38.5 Å². The van der Waals surface area contributed by atoms with Crippen LogP contribution in [0.2, 0.25) is 0 Å². The molecule has 118 valence electrons. The molecule has 1 saturated heterocycles. The van der Waals surface area contributed by atoms with Crippen LogP contribution < -0.4 is 0 Å². The second-order valence-electron chi connectivity index (χ2n) is 5.80. The van der Waals surface area contributed by atoms with E-state index in [1.165, 1.54) is 6.20 Å². The molecule has 0 amide bonds. The normalized spacial score (nSPS) is 21.0. The van der Waals surface area contributed by atoms with Crippen molar-refractivity contribution in [2.75, 3.05) is 27.2 Å². The fraction of sp³-hybridized carbons (Fsp3) is 0.714. The van der Waals surface area contributed by atoms with Gasteiger partial charge < -0.3 is 4.90 Å². The van der Waals surface area contributed by atoms with Gasteiger partial charge in [-0.3, -0.25) is 4.90 Å². The third kappa shape index (κ3) is 4.14. The van der Waals surface area contributed by atoms with Crippen LogP contribution in [-0.2, 0) is 12.7 Å². The fourth-order valence-electron chi connectivity index (χ4n) is 2.62. The smallest absolute Gasteiger partial charge is 0.305 e. The van der Waals surface area contributed by atoms with Gasteiger partial charge in [-0.2, -0.15) is 13.2 Å². The lowest BCUT2D eigenvalue weighted by molar-refractivity contribution is -0.145. The molecule has 1 fully saturated rings. The lowest BCUT2D eigenvalue weighted by Gasteiger charge is -2.36. The van der Waals surface area contributed by atoms with Crippen LogP contribution in [0.25, 0.3) is 0 Å². The summed E-state index contributed by atoms with van der Waals surface area (Å²) in [6, 6.07) is 0.495. The number of hydrogen-bond acceptors (Lipinski definition) is 4. The molecule has 0 unspecified atom stereocenters. The van der Waals surface area contributed by atoms with Crippen molar-refractivity contribution >= 4 is 0 Å². The van der Waals surface area contributed by atoms with Gasteiger partial charge >= 0.3 is 6.18 Å². The number of alkyl halides is 3. The zero-order chi connectivity index (χ0) is 15.6. The molecule has 0 radical (unpaired) electrons. The SMILES string of the molecule is Cc1nc(C(F)(F)F)ncc1CN1CCC[C@H](N(C)C)C1. The molecular weight excluding hydrogens is 281 g/mol. The highest BCUT2D eigenvalue weighted by atomic mass is 19.4. The summed E-state index contributed by atoms with van der Waals surface area (Å²) in [7, 11) is 4.11. The van der Waals surface area contributed by atoms with Crippen LogP contribution in [0, 0.1) is 6.92 Å². The molecule has 0 saturated carbocycles. The Morgan fingerprint density at radius 3 is 2.67 bits per heavy atom. The van der Waals surface area contributed by atoms with Gasteiger partial charge in [0, 0.05) is 36.6 Å². The summed E-state index contributed by atoms with van der Waals surface area (Å²) >= 11 is 0. The quantitative estimate of drug-likeness (QED) is 0.858. The molecule has 2 rings (SSSR count). The number of aromatic nitrogens is 2. The second kappa shape index (κ2) is 6.27. The molecular formula is C14H21F3N4. The minimum absolute atomic E-state index is 0.407. The number of aryl methyl sites for hydroxylation is 1. The molecule has 1 aromatic rings. The van der Waals surface area contributed by atoms with Crippen LogP contribution >= 0.6 is 0 Å². The number of hydrogen-bond donors (Lipinski definition) is 0. The van der Waals surface area contributed by atoms with E-state index >= 15 is 0 Å². The maximum absolute atomic E-state index is 12.6. The molecule has 1 atom stereocenters. The Hall–Kier alpha value is -1.21.